The van der Waals surface area contributed by atoms with Gasteiger partial charge >= 0.3 is 6.09 Å². The summed E-state index contributed by atoms with van der Waals surface area (Å²) < 4.78 is 9.68. The Balaban J connectivity index is 0.00000110. The first-order chi connectivity index (χ1) is 9.69. The van der Waals surface area contributed by atoms with Crippen molar-refractivity contribution in [1.82, 2.24) is 10.6 Å². The third kappa shape index (κ3) is 8.37. The van der Waals surface area contributed by atoms with Crippen LogP contribution in [0, 0.1) is 0 Å². The maximum atomic E-state index is 10.8. The van der Waals surface area contributed by atoms with Gasteiger partial charge in [-0.25, -0.2) is 4.79 Å². The minimum Gasteiger partial charge on any atom is -0.496 e. The van der Waals surface area contributed by atoms with Crippen molar-refractivity contribution < 1.29 is 14.3 Å². The van der Waals surface area contributed by atoms with E-state index < -0.39 is 6.09 Å². The van der Waals surface area contributed by atoms with Crippen molar-refractivity contribution in [3.05, 3.63) is 29.8 Å². The molecule has 0 heterocycles. The Morgan fingerprint density at radius 3 is 2.40 bits per heavy atom. The first kappa shape index (κ1) is 18.2. The Labute approximate surface area is 121 Å². The molecule has 0 unspecified atom stereocenters. The fourth-order valence-corrected chi connectivity index (χ4v) is 1.40. The molecule has 20 heavy (non-hydrogen) atoms. The van der Waals surface area contributed by atoms with Gasteiger partial charge in [0.05, 0.1) is 14.2 Å². The zero-order valence-corrected chi connectivity index (χ0v) is 12.9. The van der Waals surface area contributed by atoms with Gasteiger partial charge in [0.15, 0.2) is 0 Å². The first-order valence-corrected chi connectivity index (χ1v) is 6.83. The molecule has 1 rings (SSSR count). The highest BCUT2D eigenvalue weighted by Crippen LogP contribution is 2.16. The molecule has 5 nitrogen and oxygen atoms in total. The van der Waals surface area contributed by atoms with E-state index in [4.69, 9.17) is 4.74 Å². The van der Waals surface area contributed by atoms with Gasteiger partial charge in [-0.2, -0.15) is 0 Å². The summed E-state index contributed by atoms with van der Waals surface area (Å²) in [6, 6.07) is 7.82. The van der Waals surface area contributed by atoms with E-state index in [0.29, 0.717) is 19.6 Å². The van der Waals surface area contributed by atoms with Gasteiger partial charge in [0.25, 0.3) is 0 Å². The second kappa shape index (κ2) is 12.3. The Kier molecular flexibility index (Phi) is 11.2. The fraction of sp³-hybridized carbons (Fsp3) is 0.533. The summed E-state index contributed by atoms with van der Waals surface area (Å²) in [5.74, 6) is 0.862. The fourth-order valence-electron chi connectivity index (χ4n) is 1.40. The molecule has 0 fully saturated rings. The SMILES string of the molecule is CCC.COC(=O)NCCNCc1ccccc1OC. The predicted octanol–water partition coefficient (Wildman–Crippen LogP) is 2.56. The molecular weight excluding hydrogens is 256 g/mol. The monoisotopic (exact) mass is 282 g/mol. The Bertz CT molecular complexity index is 370. The number of carbonyl (C=O) groups is 1. The van der Waals surface area contributed by atoms with Crippen molar-refractivity contribution in [1.29, 1.82) is 0 Å². The van der Waals surface area contributed by atoms with Crippen LogP contribution in [0.25, 0.3) is 0 Å². The maximum Gasteiger partial charge on any atom is 0.406 e. The van der Waals surface area contributed by atoms with E-state index in [1.165, 1.54) is 13.5 Å². The van der Waals surface area contributed by atoms with Crippen LogP contribution >= 0.6 is 0 Å². The molecule has 0 spiro atoms. The van der Waals surface area contributed by atoms with Crippen molar-refractivity contribution in [2.24, 2.45) is 0 Å². The zero-order chi connectivity index (χ0) is 15.2. The number of rotatable bonds is 6. The average molecular weight is 282 g/mol. The van der Waals surface area contributed by atoms with Gasteiger partial charge in [0, 0.05) is 25.2 Å². The Hall–Kier alpha value is -1.75. The molecule has 0 aliphatic carbocycles. The lowest BCUT2D eigenvalue weighted by Gasteiger charge is -2.09. The first-order valence-electron chi connectivity index (χ1n) is 6.83. The van der Waals surface area contributed by atoms with Crippen LogP contribution in [0.3, 0.4) is 0 Å². The summed E-state index contributed by atoms with van der Waals surface area (Å²) in [4.78, 5) is 10.8. The third-order valence-electron chi connectivity index (χ3n) is 2.26. The quantitative estimate of drug-likeness (QED) is 0.787. The van der Waals surface area contributed by atoms with Crippen LogP contribution in [-0.2, 0) is 11.3 Å². The number of para-hydroxylation sites is 1. The van der Waals surface area contributed by atoms with Gasteiger partial charge in [-0.1, -0.05) is 38.5 Å². The van der Waals surface area contributed by atoms with Crippen LogP contribution in [0.5, 0.6) is 5.75 Å². The number of hydrogen-bond acceptors (Lipinski definition) is 4. The minimum absolute atomic E-state index is 0.413. The molecule has 0 saturated heterocycles. The highest BCUT2D eigenvalue weighted by atomic mass is 16.5. The molecule has 1 aromatic carbocycles. The second-order valence-corrected chi connectivity index (χ2v) is 4.11. The van der Waals surface area contributed by atoms with Gasteiger partial charge in [0.2, 0.25) is 0 Å². The summed E-state index contributed by atoms with van der Waals surface area (Å²) >= 11 is 0. The smallest absolute Gasteiger partial charge is 0.406 e. The summed E-state index contributed by atoms with van der Waals surface area (Å²) in [5, 5.41) is 5.80. The second-order valence-electron chi connectivity index (χ2n) is 4.11. The summed E-state index contributed by atoms with van der Waals surface area (Å²) in [7, 11) is 3.00. The summed E-state index contributed by atoms with van der Waals surface area (Å²) in [6.07, 6.45) is 0.837. The number of hydrogen-bond donors (Lipinski definition) is 2. The molecule has 0 saturated carbocycles. The van der Waals surface area contributed by atoms with E-state index >= 15 is 0 Å². The van der Waals surface area contributed by atoms with Crippen LogP contribution in [0.4, 0.5) is 4.79 Å². The van der Waals surface area contributed by atoms with Crippen LogP contribution < -0.4 is 15.4 Å². The Morgan fingerprint density at radius 2 is 1.80 bits per heavy atom. The van der Waals surface area contributed by atoms with E-state index in [1.807, 2.05) is 24.3 Å². The van der Waals surface area contributed by atoms with Crippen LogP contribution in [0.15, 0.2) is 24.3 Å². The number of benzene rings is 1. The van der Waals surface area contributed by atoms with E-state index in [-0.39, 0.29) is 0 Å². The van der Waals surface area contributed by atoms with E-state index in [9.17, 15) is 4.79 Å². The molecule has 1 amide bonds. The standard InChI is InChI=1S/C12H18N2O3.C3H8/c1-16-11-6-4-3-5-10(11)9-13-7-8-14-12(15)17-2;1-3-2/h3-6,13H,7-9H2,1-2H3,(H,14,15);3H2,1-2H3. The van der Waals surface area contributed by atoms with Crippen molar-refractivity contribution in [3.63, 3.8) is 0 Å². The molecular formula is C15H26N2O3. The maximum absolute atomic E-state index is 10.8. The lowest BCUT2D eigenvalue weighted by Crippen LogP contribution is -2.31. The summed E-state index contributed by atoms with van der Waals surface area (Å²) in [6.45, 7) is 6.15. The Morgan fingerprint density at radius 1 is 1.15 bits per heavy atom. The van der Waals surface area contributed by atoms with Crippen LogP contribution in [-0.4, -0.2) is 33.4 Å². The van der Waals surface area contributed by atoms with Gasteiger partial charge in [-0.3, -0.25) is 0 Å². The van der Waals surface area contributed by atoms with Gasteiger partial charge < -0.3 is 20.1 Å². The highest BCUT2D eigenvalue weighted by Gasteiger charge is 2.00. The molecule has 0 aliphatic heterocycles. The number of carbonyl (C=O) groups excluding carboxylic acids is 1. The minimum atomic E-state index is -0.413. The number of amides is 1. The molecule has 0 aliphatic rings. The normalized spacial score (nSPS) is 9.20. The average Bonchev–Trinajstić information content (AvgIpc) is 2.47. The predicted molar refractivity (Wildman–Crippen MR) is 81.1 cm³/mol. The van der Waals surface area contributed by atoms with E-state index in [2.05, 4.69) is 29.2 Å². The molecule has 5 heteroatoms. The molecule has 114 valence electrons. The van der Waals surface area contributed by atoms with E-state index in [1.54, 1.807) is 7.11 Å². The third-order valence-corrected chi connectivity index (χ3v) is 2.26. The van der Waals surface area contributed by atoms with Crippen molar-refractivity contribution in [2.75, 3.05) is 27.3 Å². The van der Waals surface area contributed by atoms with Crippen LogP contribution in [0.2, 0.25) is 0 Å². The number of methoxy groups -OCH3 is 2. The molecule has 0 radical (unpaired) electrons. The molecule has 0 bridgehead atoms. The lowest BCUT2D eigenvalue weighted by atomic mass is 10.2. The zero-order valence-electron chi connectivity index (χ0n) is 12.9. The van der Waals surface area contributed by atoms with Crippen molar-refractivity contribution >= 4 is 6.09 Å². The van der Waals surface area contributed by atoms with Crippen molar-refractivity contribution in [3.8, 4) is 5.75 Å². The highest BCUT2D eigenvalue weighted by molar-refractivity contribution is 5.66. The topological polar surface area (TPSA) is 59.6 Å². The number of alkyl carbamates (subject to hydrolysis) is 1. The van der Waals surface area contributed by atoms with E-state index in [0.717, 1.165) is 11.3 Å². The van der Waals surface area contributed by atoms with Crippen molar-refractivity contribution in [2.45, 2.75) is 26.8 Å². The molecule has 0 aromatic heterocycles. The molecule has 1 aromatic rings. The van der Waals surface area contributed by atoms with Gasteiger partial charge in [-0.15, -0.1) is 0 Å². The summed E-state index contributed by atoms with van der Waals surface area (Å²) in [5.41, 5.74) is 1.09. The van der Waals surface area contributed by atoms with Gasteiger partial charge in [-0.05, 0) is 6.07 Å². The lowest BCUT2D eigenvalue weighted by molar-refractivity contribution is 0.171. The number of ether oxygens (including phenoxy) is 2. The van der Waals surface area contributed by atoms with Gasteiger partial charge in [0.1, 0.15) is 5.75 Å². The largest absolute Gasteiger partial charge is 0.496 e. The molecule has 0 atom stereocenters. The number of nitrogens with one attached hydrogen (secondary N) is 2. The molecule has 2 N–H and O–H groups in total. The van der Waals surface area contributed by atoms with Crippen LogP contribution in [0.1, 0.15) is 25.8 Å².